The van der Waals surface area contributed by atoms with Crippen molar-refractivity contribution in [2.75, 3.05) is 33.2 Å². The zero-order valence-corrected chi connectivity index (χ0v) is 13.4. The van der Waals surface area contributed by atoms with Gasteiger partial charge >= 0.3 is 0 Å². The smallest absolute Gasteiger partial charge is 0.120 e. The second-order valence-electron chi connectivity index (χ2n) is 5.88. The second kappa shape index (κ2) is 7.25. The minimum Gasteiger partial charge on any atom is -0.463 e. The quantitative estimate of drug-likeness (QED) is 0.865. The number of rotatable bonds is 6. The molecule has 1 fully saturated rings. The maximum Gasteiger partial charge on any atom is 0.120 e. The summed E-state index contributed by atoms with van der Waals surface area (Å²) >= 11 is 0. The van der Waals surface area contributed by atoms with E-state index in [4.69, 9.17) is 4.42 Å². The largest absolute Gasteiger partial charge is 0.463 e. The lowest BCUT2D eigenvalue weighted by Crippen LogP contribution is -2.50. The van der Waals surface area contributed by atoms with Crippen molar-refractivity contribution in [1.29, 1.82) is 0 Å². The summed E-state index contributed by atoms with van der Waals surface area (Å²) in [5, 5.41) is 3.33. The van der Waals surface area contributed by atoms with Crippen molar-refractivity contribution in [2.45, 2.75) is 46.3 Å². The summed E-state index contributed by atoms with van der Waals surface area (Å²) in [4.78, 5) is 4.99. The van der Waals surface area contributed by atoms with Crippen LogP contribution in [0.3, 0.4) is 0 Å². The third-order valence-electron chi connectivity index (χ3n) is 4.32. The van der Waals surface area contributed by atoms with Gasteiger partial charge in [-0.25, -0.2) is 0 Å². The van der Waals surface area contributed by atoms with Crippen LogP contribution in [-0.4, -0.2) is 49.1 Å². The van der Waals surface area contributed by atoms with E-state index in [9.17, 15) is 0 Å². The molecule has 1 aliphatic rings. The highest BCUT2D eigenvalue weighted by molar-refractivity contribution is 5.20. The maximum atomic E-state index is 6.00. The van der Waals surface area contributed by atoms with Gasteiger partial charge in [0.2, 0.25) is 0 Å². The number of nitrogens with one attached hydrogen (secondary N) is 1. The van der Waals surface area contributed by atoms with Crippen molar-refractivity contribution in [2.24, 2.45) is 0 Å². The van der Waals surface area contributed by atoms with Gasteiger partial charge in [-0.1, -0.05) is 13.8 Å². The van der Waals surface area contributed by atoms with Crippen molar-refractivity contribution in [3.8, 4) is 0 Å². The summed E-state index contributed by atoms with van der Waals surface area (Å²) < 4.78 is 6.00. The standard InChI is InChI=1S/C16H29N3O/c1-5-14-11-19(8-7-18(14)4)12-15-9-13(3)16(20-15)10-17-6-2/h9,14,17H,5-8,10-12H2,1-4H3. The Balaban J connectivity index is 1.93. The SMILES string of the molecule is CCNCc1oc(CN2CCN(C)C(CC)C2)cc1C. The molecule has 1 aromatic heterocycles. The van der Waals surface area contributed by atoms with Crippen LogP contribution in [0.4, 0.5) is 0 Å². The Morgan fingerprint density at radius 2 is 2.15 bits per heavy atom. The maximum absolute atomic E-state index is 6.00. The van der Waals surface area contributed by atoms with Crippen LogP contribution in [0.2, 0.25) is 0 Å². The molecule has 1 unspecified atom stereocenters. The Bertz CT molecular complexity index is 416. The molecule has 4 nitrogen and oxygen atoms in total. The predicted octanol–water partition coefficient (Wildman–Crippen LogP) is 2.22. The Morgan fingerprint density at radius 3 is 2.85 bits per heavy atom. The normalized spacial score (nSPS) is 21.5. The first-order chi connectivity index (χ1) is 9.63. The minimum absolute atomic E-state index is 0.682. The highest BCUT2D eigenvalue weighted by atomic mass is 16.3. The molecule has 1 N–H and O–H groups in total. The first-order valence-electron chi connectivity index (χ1n) is 7.85. The average molecular weight is 279 g/mol. The van der Waals surface area contributed by atoms with Gasteiger partial charge in [-0.15, -0.1) is 0 Å². The number of likely N-dealkylation sites (N-methyl/N-ethyl adjacent to an activating group) is 1. The Labute approximate surface area is 123 Å². The number of hydrogen-bond donors (Lipinski definition) is 1. The van der Waals surface area contributed by atoms with Gasteiger partial charge < -0.3 is 14.6 Å². The summed E-state index contributed by atoms with van der Waals surface area (Å²) in [5.41, 5.74) is 1.27. The zero-order valence-electron chi connectivity index (χ0n) is 13.4. The lowest BCUT2D eigenvalue weighted by molar-refractivity contribution is 0.0832. The van der Waals surface area contributed by atoms with E-state index in [1.54, 1.807) is 0 Å². The third-order valence-corrected chi connectivity index (χ3v) is 4.32. The van der Waals surface area contributed by atoms with Crippen LogP contribution < -0.4 is 5.32 Å². The lowest BCUT2D eigenvalue weighted by atomic mass is 10.1. The van der Waals surface area contributed by atoms with Crippen LogP contribution in [0.1, 0.15) is 37.4 Å². The molecule has 4 heteroatoms. The Kier molecular flexibility index (Phi) is 5.64. The molecule has 20 heavy (non-hydrogen) atoms. The fourth-order valence-corrected chi connectivity index (χ4v) is 2.90. The molecule has 0 amide bonds. The first-order valence-corrected chi connectivity index (χ1v) is 7.85. The fourth-order valence-electron chi connectivity index (χ4n) is 2.90. The van der Waals surface area contributed by atoms with Crippen LogP contribution in [0.25, 0.3) is 0 Å². The molecule has 0 aliphatic carbocycles. The van der Waals surface area contributed by atoms with E-state index < -0.39 is 0 Å². The van der Waals surface area contributed by atoms with E-state index >= 15 is 0 Å². The fraction of sp³-hybridized carbons (Fsp3) is 0.750. The van der Waals surface area contributed by atoms with E-state index in [0.29, 0.717) is 6.04 Å². The average Bonchev–Trinajstić information content (AvgIpc) is 2.78. The second-order valence-corrected chi connectivity index (χ2v) is 5.88. The zero-order chi connectivity index (χ0) is 14.5. The van der Waals surface area contributed by atoms with Crippen LogP contribution in [0, 0.1) is 6.92 Å². The van der Waals surface area contributed by atoms with Crippen LogP contribution >= 0.6 is 0 Å². The van der Waals surface area contributed by atoms with Crippen molar-refractivity contribution in [3.05, 3.63) is 23.2 Å². The summed E-state index contributed by atoms with van der Waals surface area (Å²) in [6.45, 7) is 12.7. The number of furan rings is 1. The lowest BCUT2D eigenvalue weighted by Gasteiger charge is -2.38. The molecule has 0 radical (unpaired) electrons. The van der Waals surface area contributed by atoms with Crippen molar-refractivity contribution < 1.29 is 4.42 Å². The monoisotopic (exact) mass is 279 g/mol. The molecule has 1 aromatic rings. The van der Waals surface area contributed by atoms with E-state index in [2.05, 4.69) is 49.0 Å². The molecule has 0 spiro atoms. The van der Waals surface area contributed by atoms with Crippen molar-refractivity contribution >= 4 is 0 Å². The third kappa shape index (κ3) is 3.84. The summed E-state index contributed by atoms with van der Waals surface area (Å²) in [6, 6.07) is 2.88. The molecular formula is C16H29N3O. The topological polar surface area (TPSA) is 31.7 Å². The number of nitrogens with zero attached hydrogens (tertiary/aromatic N) is 2. The number of hydrogen-bond acceptors (Lipinski definition) is 4. The molecule has 2 heterocycles. The Morgan fingerprint density at radius 1 is 1.35 bits per heavy atom. The van der Waals surface area contributed by atoms with E-state index in [1.165, 1.54) is 12.0 Å². The molecular weight excluding hydrogens is 250 g/mol. The highest BCUT2D eigenvalue weighted by Gasteiger charge is 2.23. The van der Waals surface area contributed by atoms with Gasteiger partial charge in [0.15, 0.2) is 0 Å². The summed E-state index contributed by atoms with van der Waals surface area (Å²) in [6.07, 6.45) is 1.22. The molecule has 0 bridgehead atoms. The Hall–Kier alpha value is -0.840. The van der Waals surface area contributed by atoms with Gasteiger partial charge in [0.25, 0.3) is 0 Å². The summed E-state index contributed by atoms with van der Waals surface area (Å²) in [7, 11) is 2.23. The van der Waals surface area contributed by atoms with Gasteiger partial charge in [-0.2, -0.15) is 0 Å². The number of aryl methyl sites for hydroxylation is 1. The first kappa shape index (κ1) is 15.5. The van der Waals surface area contributed by atoms with Gasteiger partial charge in [-0.3, -0.25) is 4.90 Å². The molecule has 1 saturated heterocycles. The van der Waals surface area contributed by atoms with Gasteiger partial charge in [0, 0.05) is 25.7 Å². The van der Waals surface area contributed by atoms with Crippen LogP contribution in [0.15, 0.2) is 10.5 Å². The molecule has 2 rings (SSSR count). The van der Waals surface area contributed by atoms with Crippen molar-refractivity contribution in [3.63, 3.8) is 0 Å². The minimum atomic E-state index is 0.682. The van der Waals surface area contributed by atoms with Crippen LogP contribution in [0.5, 0.6) is 0 Å². The molecule has 0 saturated carbocycles. The van der Waals surface area contributed by atoms with Crippen molar-refractivity contribution in [1.82, 2.24) is 15.1 Å². The predicted molar refractivity (Wildman–Crippen MR) is 82.8 cm³/mol. The van der Waals surface area contributed by atoms with E-state index in [0.717, 1.165) is 50.8 Å². The van der Waals surface area contributed by atoms with Gasteiger partial charge in [0.1, 0.15) is 11.5 Å². The van der Waals surface area contributed by atoms with E-state index in [-0.39, 0.29) is 0 Å². The highest BCUT2D eigenvalue weighted by Crippen LogP contribution is 2.18. The van der Waals surface area contributed by atoms with Gasteiger partial charge in [0.05, 0.1) is 13.1 Å². The molecule has 1 aliphatic heterocycles. The van der Waals surface area contributed by atoms with Gasteiger partial charge in [-0.05, 0) is 38.6 Å². The number of piperazine rings is 1. The molecule has 1 atom stereocenters. The molecule has 0 aromatic carbocycles. The summed E-state index contributed by atoms with van der Waals surface area (Å²) in [5.74, 6) is 2.19. The molecule has 114 valence electrons. The van der Waals surface area contributed by atoms with Crippen LogP contribution in [-0.2, 0) is 13.1 Å². The van der Waals surface area contributed by atoms with E-state index in [1.807, 2.05) is 0 Å².